The van der Waals surface area contributed by atoms with Crippen LogP contribution in [0.3, 0.4) is 0 Å². The van der Waals surface area contributed by atoms with Gasteiger partial charge in [0.2, 0.25) is 5.88 Å². The maximum Gasteiger partial charge on any atom is 0.275 e. The number of aromatic hydroxyl groups is 1. The van der Waals surface area contributed by atoms with Crippen LogP contribution in [0.15, 0.2) is 59.8 Å². The molecule has 0 radical (unpaired) electrons. The number of fused-ring (bicyclic) bond motifs is 1. The van der Waals surface area contributed by atoms with E-state index < -0.39 is 0 Å². The van der Waals surface area contributed by atoms with E-state index in [2.05, 4.69) is 9.97 Å². The third kappa shape index (κ3) is 2.55. The first kappa shape index (κ1) is 14.9. The average Bonchev–Trinajstić information content (AvgIpc) is 3.02. The molecule has 118 valence electrons. The zero-order valence-electron chi connectivity index (χ0n) is 12.2. The maximum absolute atomic E-state index is 12.7. The highest BCUT2D eigenvalue weighted by Gasteiger charge is 2.11. The Morgan fingerprint density at radius 2 is 1.88 bits per heavy atom. The molecule has 0 unspecified atom stereocenters. The molecule has 4 aromatic rings. The van der Waals surface area contributed by atoms with E-state index in [1.165, 1.54) is 34.5 Å². The van der Waals surface area contributed by atoms with Gasteiger partial charge in [-0.3, -0.25) is 9.36 Å². The van der Waals surface area contributed by atoms with Gasteiger partial charge in [-0.25, -0.2) is 9.97 Å². The highest BCUT2D eigenvalue weighted by molar-refractivity contribution is 7.22. The van der Waals surface area contributed by atoms with Gasteiger partial charge in [-0.2, -0.15) is 0 Å². The molecule has 0 atom stereocenters. The van der Waals surface area contributed by atoms with E-state index in [4.69, 9.17) is 11.6 Å². The molecule has 5 nitrogen and oxygen atoms in total. The topological polar surface area (TPSA) is 68.0 Å². The van der Waals surface area contributed by atoms with Crippen molar-refractivity contribution in [3.63, 3.8) is 0 Å². The summed E-state index contributed by atoms with van der Waals surface area (Å²) >= 11 is 7.30. The zero-order valence-corrected chi connectivity index (χ0v) is 13.8. The number of pyridine rings is 1. The van der Waals surface area contributed by atoms with Gasteiger partial charge < -0.3 is 5.11 Å². The Balaban J connectivity index is 1.86. The van der Waals surface area contributed by atoms with Crippen molar-refractivity contribution >= 4 is 33.2 Å². The Morgan fingerprint density at radius 3 is 2.58 bits per heavy atom. The first-order valence-corrected chi connectivity index (χ1v) is 8.24. The van der Waals surface area contributed by atoms with Crippen molar-refractivity contribution < 1.29 is 5.11 Å². The molecule has 1 aromatic carbocycles. The molecule has 3 aromatic heterocycles. The molecule has 0 aliphatic carbocycles. The first-order valence-electron chi connectivity index (χ1n) is 7.04. The molecule has 0 amide bonds. The zero-order chi connectivity index (χ0) is 16.7. The van der Waals surface area contributed by atoms with E-state index >= 15 is 0 Å². The third-order valence-electron chi connectivity index (χ3n) is 3.58. The van der Waals surface area contributed by atoms with Crippen LogP contribution in [0, 0.1) is 0 Å². The molecule has 0 saturated heterocycles. The second-order valence-electron chi connectivity index (χ2n) is 5.13. The monoisotopic (exact) mass is 355 g/mol. The average molecular weight is 356 g/mol. The van der Waals surface area contributed by atoms with Crippen LogP contribution in [0.4, 0.5) is 0 Å². The summed E-state index contributed by atoms with van der Waals surface area (Å²) in [6.45, 7) is 0. The quantitative estimate of drug-likeness (QED) is 0.592. The van der Waals surface area contributed by atoms with Gasteiger partial charge in [0.25, 0.3) is 5.56 Å². The van der Waals surface area contributed by atoms with Crippen LogP contribution in [0.25, 0.3) is 26.3 Å². The molecule has 0 saturated carbocycles. The Hall–Kier alpha value is -2.70. The molecular weight excluding hydrogens is 346 g/mol. The van der Waals surface area contributed by atoms with Gasteiger partial charge in [-0.05, 0) is 29.8 Å². The Bertz CT molecular complexity index is 1090. The number of nitrogens with zero attached hydrogens (tertiary/aromatic N) is 3. The summed E-state index contributed by atoms with van der Waals surface area (Å²) in [5, 5.41) is 9.94. The molecule has 0 aliphatic rings. The molecule has 3 heterocycles. The van der Waals surface area contributed by atoms with Gasteiger partial charge in [0.15, 0.2) is 0 Å². The van der Waals surface area contributed by atoms with E-state index in [0.717, 1.165) is 10.4 Å². The number of benzene rings is 1. The smallest absolute Gasteiger partial charge is 0.275 e. The van der Waals surface area contributed by atoms with E-state index in [9.17, 15) is 9.90 Å². The predicted molar refractivity (Wildman–Crippen MR) is 95.1 cm³/mol. The summed E-state index contributed by atoms with van der Waals surface area (Å²) in [7, 11) is 0. The largest absolute Gasteiger partial charge is 0.493 e. The fourth-order valence-electron chi connectivity index (χ4n) is 2.37. The van der Waals surface area contributed by atoms with Crippen LogP contribution in [0.2, 0.25) is 5.02 Å². The van der Waals surface area contributed by atoms with Gasteiger partial charge in [0.05, 0.1) is 17.4 Å². The maximum atomic E-state index is 12.7. The minimum Gasteiger partial charge on any atom is -0.493 e. The summed E-state index contributed by atoms with van der Waals surface area (Å²) in [6, 6.07) is 12.4. The lowest BCUT2D eigenvalue weighted by Crippen LogP contribution is -2.17. The number of hydrogen-bond donors (Lipinski definition) is 1. The molecule has 0 spiro atoms. The molecule has 0 aliphatic heterocycles. The second-order valence-corrected chi connectivity index (χ2v) is 6.61. The fraction of sp³-hybridized carbons (Fsp3) is 0. The molecule has 1 N–H and O–H groups in total. The fourth-order valence-corrected chi connectivity index (χ4v) is 3.55. The normalized spacial score (nSPS) is 11.0. The minimum absolute atomic E-state index is 0.0954. The molecular formula is C17H10ClN3O2S. The molecule has 0 bridgehead atoms. The van der Waals surface area contributed by atoms with Crippen molar-refractivity contribution in [3.05, 3.63) is 70.4 Å². The summed E-state index contributed by atoms with van der Waals surface area (Å²) in [4.78, 5) is 21.8. The number of halogens is 1. The number of aromatic nitrogens is 3. The minimum atomic E-state index is -0.169. The lowest BCUT2D eigenvalue weighted by atomic mass is 10.2. The molecule has 7 heteroatoms. The summed E-state index contributed by atoms with van der Waals surface area (Å²) < 4.78 is 1.98. The van der Waals surface area contributed by atoms with Crippen LogP contribution < -0.4 is 5.56 Å². The van der Waals surface area contributed by atoms with Gasteiger partial charge >= 0.3 is 0 Å². The van der Waals surface area contributed by atoms with Crippen molar-refractivity contribution in [2.45, 2.75) is 0 Å². The van der Waals surface area contributed by atoms with Crippen molar-refractivity contribution in [1.82, 2.24) is 14.5 Å². The van der Waals surface area contributed by atoms with Crippen molar-refractivity contribution in [2.75, 3.05) is 0 Å². The third-order valence-corrected chi connectivity index (χ3v) is 4.99. The van der Waals surface area contributed by atoms with Crippen molar-refractivity contribution in [2.24, 2.45) is 0 Å². The first-order chi connectivity index (χ1) is 11.6. The van der Waals surface area contributed by atoms with Crippen molar-refractivity contribution in [3.8, 4) is 22.0 Å². The SMILES string of the molecule is O=c1c2sc(-c3ccc(Cl)cc3)cc2ncn1-c1ccc(O)nc1. The highest BCUT2D eigenvalue weighted by atomic mass is 35.5. The standard InChI is InChI=1S/C17H10ClN3O2S/c18-11-3-1-10(2-4-11)14-7-13-16(24-14)17(23)21(9-20-13)12-5-6-15(22)19-8-12/h1-9H,(H,19,22). The van der Waals surface area contributed by atoms with Crippen LogP contribution >= 0.6 is 22.9 Å². The van der Waals surface area contributed by atoms with Gasteiger partial charge in [-0.15, -0.1) is 11.3 Å². The van der Waals surface area contributed by atoms with Gasteiger partial charge in [0, 0.05) is 16.0 Å². The van der Waals surface area contributed by atoms with E-state index in [1.54, 1.807) is 6.07 Å². The summed E-state index contributed by atoms with van der Waals surface area (Å²) in [6.07, 6.45) is 2.90. The second kappa shape index (κ2) is 5.74. The Labute approximate surface area is 145 Å². The summed E-state index contributed by atoms with van der Waals surface area (Å²) in [5.41, 5.74) is 2.02. The predicted octanol–water partition coefficient (Wildman–Crippen LogP) is 3.87. The lowest BCUT2D eigenvalue weighted by Gasteiger charge is -2.03. The van der Waals surface area contributed by atoms with Crippen LogP contribution in [-0.2, 0) is 0 Å². The van der Waals surface area contributed by atoms with Crippen LogP contribution in [0.5, 0.6) is 5.88 Å². The van der Waals surface area contributed by atoms with E-state index in [-0.39, 0.29) is 11.4 Å². The Morgan fingerprint density at radius 1 is 1.08 bits per heavy atom. The van der Waals surface area contributed by atoms with Gasteiger partial charge in [0.1, 0.15) is 11.0 Å². The van der Waals surface area contributed by atoms with Crippen molar-refractivity contribution in [1.29, 1.82) is 0 Å². The molecule has 0 fully saturated rings. The number of rotatable bonds is 2. The van der Waals surface area contributed by atoms with Gasteiger partial charge in [-0.1, -0.05) is 23.7 Å². The molecule has 4 rings (SSSR count). The van der Waals surface area contributed by atoms with E-state index in [1.807, 2.05) is 30.3 Å². The van der Waals surface area contributed by atoms with E-state index in [0.29, 0.717) is 20.9 Å². The number of hydrogen-bond acceptors (Lipinski definition) is 5. The van der Waals surface area contributed by atoms with Crippen LogP contribution in [0.1, 0.15) is 0 Å². The number of thiophene rings is 1. The lowest BCUT2D eigenvalue weighted by molar-refractivity contribution is 0.453. The molecule has 24 heavy (non-hydrogen) atoms. The highest BCUT2D eigenvalue weighted by Crippen LogP contribution is 2.31. The van der Waals surface area contributed by atoms with Crippen LogP contribution in [-0.4, -0.2) is 19.6 Å². The Kier molecular flexibility index (Phi) is 3.55. The summed E-state index contributed by atoms with van der Waals surface area (Å²) in [5.74, 6) is -0.0954.